The highest BCUT2D eigenvalue weighted by Gasteiger charge is 2.47. The zero-order valence-corrected chi connectivity index (χ0v) is 23.5. The number of carbonyl (C=O) groups excluding carboxylic acids is 1. The van der Waals surface area contributed by atoms with Gasteiger partial charge in [0.05, 0.1) is 33.4 Å². The van der Waals surface area contributed by atoms with Crippen molar-refractivity contribution in [1.29, 1.82) is 0 Å². The highest BCUT2D eigenvalue weighted by atomic mass is 16.7. The molecule has 3 aliphatic rings. The minimum atomic E-state index is -1.07. The average Bonchev–Trinajstić information content (AvgIpc) is 3.45. The molecule has 0 aromatic heterocycles. The molecule has 218 valence electrons. The molecule has 2 heterocycles. The largest absolute Gasteiger partial charge is 0.493 e. The third kappa shape index (κ3) is 5.40. The van der Waals surface area contributed by atoms with Crippen molar-refractivity contribution < 1.29 is 38.7 Å². The summed E-state index contributed by atoms with van der Waals surface area (Å²) < 4.78 is 28.0. The molecule has 10 nitrogen and oxygen atoms in total. The maximum Gasteiger partial charge on any atom is 0.231 e. The molecule has 1 saturated heterocycles. The lowest BCUT2D eigenvalue weighted by Gasteiger charge is -2.41. The van der Waals surface area contributed by atoms with Gasteiger partial charge in [-0.25, -0.2) is 0 Å². The van der Waals surface area contributed by atoms with E-state index < -0.39 is 23.9 Å². The normalized spacial score (nSPS) is 23.8. The third-order valence-corrected chi connectivity index (χ3v) is 8.42. The number of likely N-dealkylation sites (tertiary alicyclic amines) is 1. The number of fused-ring (bicyclic) bond motifs is 2. The molecule has 0 bridgehead atoms. The molecule has 40 heavy (non-hydrogen) atoms. The Morgan fingerprint density at radius 1 is 0.975 bits per heavy atom. The van der Waals surface area contributed by atoms with E-state index in [9.17, 15) is 15.0 Å². The number of nitrogens with zero attached hydrogens (tertiary/aromatic N) is 1. The van der Waals surface area contributed by atoms with Gasteiger partial charge in [0, 0.05) is 25.0 Å². The summed E-state index contributed by atoms with van der Waals surface area (Å²) in [4.78, 5) is 16.4. The molecule has 2 aliphatic heterocycles. The Labute approximate surface area is 235 Å². The number of hydrogen-bond acceptors (Lipinski definition) is 9. The van der Waals surface area contributed by atoms with E-state index in [1.165, 1.54) is 26.4 Å². The summed E-state index contributed by atoms with van der Waals surface area (Å²) in [5.74, 6) is 0.126. The Kier molecular flexibility index (Phi) is 8.87. The van der Waals surface area contributed by atoms with Crippen LogP contribution in [0.15, 0.2) is 24.3 Å². The Hall–Kier alpha value is -3.21. The molecule has 10 heteroatoms. The predicted octanol–water partition coefficient (Wildman–Crippen LogP) is 2.84. The second-order valence-corrected chi connectivity index (χ2v) is 10.6. The lowest BCUT2D eigenvalue weighted by atomic mass is 9.64. The van der Waals surface area contributed by atoms with Crippen molar-refractivity contribution in [1.82, 2.24) is 10.2 Å². The lowest BCUT2D eigenvalue weighted by molar-refractivity contribution is -0.131. The summed E-state index contributed by atoms with van der Waals surface area (Å²) in [5, 5.41) is 25.1. The molecule has 0 saturated carbocycles. The quantitative estimate of drug-likeness (QED) is 0.380. The van der Waals surface area contributed by atoms with Gasteiger partial charge in [0.15, 0.2) is 23.0 Å². The first-order valence-corrected chi connectivity index (χ1v) is 14.0. The van der Waals surface area contributed by atoms with Crippen LogP contribution in [-0.4, -0.2) is 81.9 Å². The van der Waals surface area contributed by atoms with Crippen molar-refractivity contribution >= 4 is 5.91 Å². The van der Waals surface area contributed by atoms with Crippen molar-refractivity contribution in [3.05, 3.63) is 41.0 Å². The summed E-state index contributed by atoms with van der Waals surface area (Å²) >= 11 is 0. The van der Waals surface area contributed by atoms with Gasteiger partial charge in [-0.3, -0.25) is 4.79 Å². The number of methoxy groups -OCH3 is 3. The van der Waals surface area contributed by atoms with Gasteiger partial charge in [-0.2, -0.15) is 0 Å². The Bertz CT molecular complexity index is 1170. The van der Waals surface area contributed by atoms with Gasteiger partial charge in [0.2, 0.25) is 18.4 Å². The van der Waals surface area contributed by atoms with Gasteiger partial charge in [-0.15, -0.1) is 0 Å². The first-order valence-electron chi connectivity index (χ1n) is 14.0. The molecule has 2 aromatic carbocycles. The SMILES string of the molecule is COc1cc(C2c3cc4c(cc3C(O)C(CO)C2C(=O)NCCCN2CCCCC2)OCO4)cc(OC)c1OC. The molecule has 4 atom stereocenters. The van der Waals surface area contributed by atoms with E-state index in [-0.39, 0.29) is 19.3 Å². The number of piperidine rings is 1. The summed E-state index contributed by atoms with van der Waals surface area (Å²) in [7, 11) is 4.62. The monoisotopic (exact) mass is 556 g/mol. The van der Waals surface area contributed by atoms with Crippen LogP contribution in [0.4, 0.5) is 0 Å². The maximum absolute atomic E-state index is 13.9. The number of amides is 1. The molecule has 1 amide bonds. The van der Waals surface area contributed by atoms with Crippen LogP contribution in [0.1, 0.15) is 54.4 Å². The molecule has 2 aromatic rings. The minimum absolute atomic E-state index is 0.0769. The standard InChI is InChI=1S/C30H40N2O8/c1-36-24-12-18(13-25(37-2)29(24)38-3)26-19-14-22-23(40-17-39-22)15-20(19)28(34)21(16-33)27(26)30(35)31-8-7-11-32-9-5-4-6-10-32/h12-15,21,26-28,33-34H,4-11,16-17H2,1-3H3,(H,31,35). The van der Waals surface area contributed by atoms with Gasteiger partial charge < -0.3 is 44.1 Å². The van der Waals surface area contributed by atoms with Crippen molar-refractivity contribution in [3.8, 4) is 28.7 Å². The number of aliphatic hydroxyl groups excluding tert-OH is 2. The number of benzene rings is 2. The highest BCUT2D eigenvalue weighted by Crippen LogP contribution is 2.53. The van der Waals surface area contributed by atoms with Crippen LogP contribution >= 0.6 is 0 Å². The number of aliphatic hydroxyl groups is 2. The van der Waals surface area contributed by atoms with E-state index in [1.807, 2.05) is 18.2 Å². The maximum atomic E-state index is 13.9. The van der Waals surface area contributed by atoms with Gasteiger partial charge in [0.25, 0.3) is 0 Å². The lowest BCUT2D eigenvalue weighted by Crippen LogP contribution is -2.46. The summed E-state index contributed by atoms with van der Waals surface area (Å²) in [6.45, 7) is 3.35. The fourth-order valence-electron chi connectivity index (χ4n) is 6.41. The summed E-state index contributed by atoms with van der Waals surface area (Å²) in [6, 6.07) is 7.23. The topological polar surface area (TPSA) is 119 Å². The van der Waals surface area contributed by atoms with E-state index in [4.69, 9.17) is 23.7 Å². The Morgan fingerprint density at radius 2 is 1.62 bits per heavy atom. The fourth-order valence-corrected chi connectivity index (χ4v) is 6.41. The molecule has 1 aliphatic carbocycles. The van der Waals surface area contributed by atoms with Crippen LogP contribution in [-0.2, 0) is 4.79 Å². The molecule has 0 radical (unpaired) electrons. The van der Waals surface area contributed by atoms with Crippen molar-refractivity contribution in [2.75, 3.05) is 60.9 Å². The molecule has 1 fully saturated rings. The Balaban J connectivity index is 1.52. The number of carbonyl (C=O) groups is 1. The number of ether oxygens (including phenoxy) is 5. The van der Waals surface area contributed by atoms with Crippen LogP contribution < -0.4 is 29.0 Å². The van der Waals surface area contributed by atoms with E-state index in [0.717, 1.165) is 37.2 Å². The van der Waals surface area contributed by atoms with Crippen LogP contribution in [0.3, 0.4) is 0 Å². The molecule has 5 rings (SSSR count). The summed E-state index contributed by atoms with van der Waals surface area (Å²) in [6.07, 6.45) is 3.48. The van der Waals surface area contributed by atoms with Crippen LogP contribution in [0.25, 0.3) is 0 Å². The fraction of sp³-hybridized carbons (Fsp3) is 0.567. The van der Waals surface area contributed by atoms with E-state index in [1.54, 1.807) is 20.3 Å². The zero-order chi connectivity index (χ0) is 28.2. The molecule has 4 unspecified atom stereocenters. The number of nitrogens with one attached hydrogen (secondary N) is 1. The average molecular weight is 557 g/mol. The number of hydrogen-bond donors (Lipinski definition) is 3. The molecule has 3 N–H and O–H groups in total. The van der Waals surface area contributed by atoms with Crippen LogP contribution in [0.5, 0.6) is 28.7 Å². The van der Waals surface area contributed by atoms with Gasteiger partial charge >= 0.3 is 0 Å². The van der Waals surface area contributed by atoms with E-state index in [0.29, 0.717) is 40.9 Å². The highest BCUT2D eigenvalue weighted by molar-refractivity contribution is 5.82. The second kappa shape index (κ2) is 12.5. The first kappa shape index (κ1) is 28.3. The van der Waals surface area contributed by atoms with Gasteiger partial charge in [-0.05, 0) is 79.9 Å². The third-order valence-electron chi connectivity index (χ3n) is 8.42. The Morgan fingerprint density at radius 3 is 2.23 bits per heavy atom. The zero-order valence-electron chi connectivity index (χ0n) is 23.5. The smallest absolute Gasteiger partial charge is 0.231 e. The number of rotatable bonds is 10. The predicted molar refractivity (Wildman–Crippen MR) is 147 cm³/mol. The van der Waals surface area contributed by atoms with Gasteiger partial charge in [-0.1, -0.05) is 6.42 Å². The van der Waals surface area contributed by atoms with E-state index >= 15 is 0 Å². The van der Waals surface area contributed by atoms with Gasteiger partial charge in [0.1, 0.15) is 0 Å². The summed E-state index contributed by atoms with van der Waals surface area (Å²) in [5.41, 5.74) is 2.05. The molecular weight excluding hydrogens is 516 g/mol. The van der Waals surface area contributed by atoms with Crippen LogP contribution in [0.2, 0.25) is 0 Å². The van der Waals surface area contributed by atoms with Crippen LogP contribution in [0, 0.1) is 11.8 Å². The van der Waals surface area contributed by atoms with Crippen molar-refractivity contribution in [2.45, 2.75) is 37.7 Å². The van der Waals surface area contributed by atoms with Crippen molar-refractivity contribution in [2.24, 2.45) is 11.8 Å². The second-order valence-electron chi connectivity index (χ2n) is 10.6. The van der Waals surface area contributed by atoms with E-state index in [2.05, 4.69) is 10.2 Å². The first-order chi connectivity index (χ1) is 19.5. The molecular formula is C30H40N2O8. The minimum Gasteiger partial charge on any atom is -0.493 e. The van der Waals surface area contributed by atoms with Crippen molar-refractivity contribution in [3.63, 3.8) is 0 Å². The molecule has 0 spiro atoms.